The molecule has 0 saturated heterocycles. The third-order valence-electron chi connectivity index (χ3n) is 2.40. The summed E-state index contributed by atoms with van der Waals surface area (Å²) in [7, 11) is 1.38. The standard InChI is InChI=1S/C12H13NO2S2/c1-6-5-9(7(2)16-6)11-10(12(14)15-4)13-8(3)17-11/h5H,1-4H3. The van der Waals surface area contributed by atoms with Gasteiger partial charge in [-0.3, -0.25) is 0 Å². The second kappa shape index (κ2) is 4.58. The first-order valence-electron chi connectivity index (χ1n) is 5.16. The van der Waals surface area contributed by atoms with E-state index in [2.05, 4.69) is 24.9 Å². The fraction of sp³-hybridized carbons (Fsp3) is 0.333. The molecule has 2 aromatic heterocycles. The highest BCUT2D eigenvalue weighted by Crippen LogP contribution is 2.36. The van der Waals surface area contributed by atoms with E-state index in [0.29, 0.717) is 5.69 Å². The molecule has 0 saturated carbocycles. The van der Waals surface area contributed by atoms with Gasteiger partial charge < -0.3 is 4.74 Å². The molecule has 0 aliphatic heterocycles. The molecule has 0 bridgehead atoms. The fourth-order valence-corrected chi connectivity index (χ4v) is 3.68. The molecule has 0 aromatic carbocycles. The number of carbonyl (C=O) groups excluding carboxylic acids is 1. The third-order valence-corrected chi connectivity index (χ3v) is 4.37. The zero-order chi connectivity index (χ0) is 12.6. The number of aromatic nitrogens is 1. The topological polar surface area (TPSA) is 39.2 Å². The minimum atomic E-state index is -0.368. The number of hydrogen-bond donors (Lipinski definition) is 0. The summed E-state index contributed by atoms with van der Waals surface area (Å²) in [5.41, 5.74) is 1.52. The number of carbonyl (C=O) groups is 1. The summed E-state index contributed by atoms with van der Waals surface area (Å²) >= 11 is 3.26. The molecule has 0 aliphatic carbocycles. The Bertz CT molecular complexity index is 569. The highest BCUT2D eigenvalue weighted by molar-refractivity contribution is 7.16. The predicted molar refractivity (Wildman–Crippen MR) is 71.0 cm³/mol. The number of aryl methyl sites for hydroxylation is 3. The normalized spacial score (nSPS) is 10.6. The van der Waals surface area contributed by atoms with Gasteiger partial charge in [0.25, 0.3) is 0 Å². The lowest BCUT2D eigenvalue weighted by molar-refractivity contribution is 0.0595. The fourth-order valence-electron chi connectivity index (χ4n) is 1.70. The Morgan fingerprint density at radius 2 is 2.00 bits per heavy atom. The Morgan fingerprint density at radius 1 is 1.29 bits per heavy atom. The molecule has 3 nitrogen and oxygen atoms in total. The third kappa shape index (κ3) is 2.25. The Kier molecular flexibility index (Phi) is 3.31. The van der Waals surface area contributed by atoms with Crippen LogP contribution in [-0.2, 0) is 4.74 Å². The monoisotopic (exact) mass is 267 g/mol. The second-order valence-electron chi connectivity index (χ2n) is 3.73. The van der Waals surface area contributed by atoms with Crippen molar-refractivity contribution in [2.45, 2.75) is 20.8 Å². The number of hydrogen-bond acceptors (Lipinski definition) is 5. The molecule has 0 atom stereocenters. The maximum atomic E-state index is 11.7. The molecular weight excluding hydrogens is 254 g/mol. The van der Waals surface area contributed by atoms with Crippen molar-refractivity contribution in [3.63, 3.8) is 0 Å². The van der Waals surface area contributed by atoms with Crippen molar-refractivity contribution in [2.75, 3.05) is 7.11 Å². The number of thiazole rings is 1. The van der Waals surface area contributed by atoms with E-state index < -0.39 is 0 Å². The van der Waals surface area contributed by atoms with E-state index in [0.717, 1.165) is 15.4 Å². The summed E-state index contributed by atoms with van der Waals surface area (Å²) in [5.74, 6) is -0.368. The molecule has 5 heteroatoms. The van der Waals surface area contributed by atoms with Gasteiger partial charge >= 0.3 is 5.97 Å². The lowest BCUT2D eigenvalue weighted by atomic mass is 10.2. The molecule has 0 radical (unpaired) electrons. The molecule has 2 rings (SSSR count). The quantitative estimate of drug-likeness (QED) is 0.781. The second-order valence-corrected chi connectivity index (χ2v) is 6.39. The van der Waals surface area contributed by atoms with Crippen LogP contribution in [0.1, 0.15) is 25.3 Å². The van der Waals surface area contributed by atoms with Crippen LogP contribution in [0, 0.1) is 20.8 Å². The van der Waals surface area contributed by atoms with Crippen LogP contribution < -0.4 is 0 Å². The zero-order valence-electron chi connectivity index (χ0n) is 10.2. The summed E-state index contributed by atoms with van der Waals surface area (Å²) in [6.07, 6.45) is 0. The molecule has 0 aliphatic rings. The maximum Gasteiger partial charge on any atom is 0.358 e. The SMILES string of the molecule is COC(=O)c1nc(C)sc1-c1cc(C)sc1C. The van der Waals surface area contributed by atoms with Crippen LogP contribution >= 0.6 is 22.7 Å². The average molecular weight is 267 g/mol. The minimum absolute atomic E-state index is 0.368. The first kappa shape index (κ1) is 12.3. The van der Waals surface area contributed by atoms with E-state index in [9.17, 15) is 4.79 Å². The van der Waals surface area contributed by atoms with Gasteiger partial charge in [0.2, 0.25) is 0 Å². The molecular formula is C12H13NO2S2. The highest BCUT2D eigenvalue weighted by Gasteiger charge is 2.20. The number of esters is 1. The number of thiophene rings is 1. The number of ether oxygens (including phenoxy) is 1. The van der Waals surface area contributed by atoms with E-state index in [1.807, 2.05) is 6.92 Å². The van der Waals surface area contributed by atoms with Gasteiger partial charge in [0.05, 0.1) is 17.0 Å². The Labute approximate surface area is 108 Å². The van der Waals surface area contributed by atoms with Crippen molar-refractivity contribution in [3.8, 4) is 10.4 Å². The molecule has 0 unspecified atom stereocenters. The van der Waals surface area contributed by atoms with Gasteiger partial charge in [-0.2, -0.15) is 0 Å². The molecule has 0 amide bonds. The summed E-state index contributed by atoms with van der Waals surface area (Å²) in [6.45, 7) is 6.02. The number of rotatable bonds is 2. The van der Waals surface area contributed by atoms with Gasteiger partial charge in [-0.1, -0.05) is 0 Å². The number of methoxy groups -OCH3 is 1. The molecule has 0 fully saturated rings. The van der Waals surface area contributed by atoms with Gasteiger partial charge in [0, 0.05) is 15.3 Å². The lowest BCUT2D eigenvalue weighted by Crippen LogP contribution is -2.03. The van der Waals surface area contributed by atoms with E-state index in [1.54, 1.807) is 11.3 Å². The molecule has 0 spiro atoms. The van der Waals surface area contributed by atoms with Crippen molar-refractivity contribution >= 4 is 28.6 Å². The Balaban J connectivity index is 2.59. The zero-order valence-corrected chi connectivity index (χ0v) is 11.8. The smallest absolute Gasteiger partial charge is 0.358 e. The summed E-state index contributed by atoms with van der Waals surface area (Å²) < 4.78 is 4.77. The van der Waals surface area contributed by atoms with Crippen molar-refractivity contribution in [1.82, 2.24) is 4.98 Å². The number of nitrogens with zero attached hydrogens (tertiary/aromatic N) is 1. The summed E-state index contributed by atoms with van der Waals surface area (Å²) in [4.78, 5) is 19.3. The van der Waals surface area contributed by atoms with Crippen LogP contribution in [-0.4, -0.2) is 18.1 Å². The van der Waals surface area contributed by atoms with Gasteiger partial charge in [0.15, 0.2) is 5.69 Å². The van der Waals surface area contributed by atoms with Gasteiger partial charge in [-0.15, -0.1) is 22.7 Å². The van der Waals surface area contributed by atoms with Gasteiger partial charge in [-0.25, -0.2) is 9.78 Å². The van der Waals surface area contributed by atoms with Crippen LogP contribution in [0.5, 0.6) is 0 Å². The lowest BCUT2D eigenvalue weighted by Gasteiger charge is -1.99. The van der Waals surface area contributed by atoms with E-state index in [1.165, 1.54) is 28.2 Å². The first-order valence-corrected chi connectivity index (χ1v) is 6.79. The molecule has 2 heterocycles. The Hall–Kier alpha value is -1.20. The molecule has 90 valence electrons. The van der Waals surface area contributed by atoms with Crippen LogP contribution in [0.15, 0.2) is 6.07 Å². The van der Waals surface area contributed by atoms with E-state index in [-0.39, 0.29) is 5.97 Å². The van der Waals surface area contributed by atoms with Gasteiger partial charge in [-0.05, 0) is 26.8 Å². The summed E-state index contributed by atoms with van der Waals surface area (Å²) in [5, 5.41) is 0.878. The van der Waals surface area contributed by atoms with Crippen molar-refractivity contribution in [2.24, 2.45) is 0 Å². The molecule has 17 heavy (non-hydrogen) atoms. The van der Waals surface area contributed by atoms with Crippen molar-refractivity contribution in [1.29, 1.82) is 0 Å². The maximum absolute atomic E-state index is 11.7. The van der Waals surface area contributed by atoms with E-state index >= 15 is 0 Å². The van der Waals surface area contributed by atoms with Crippen LogP contribution in [0.25, 0.3) is 10.4 Å². The average Bonchev–Trinajstić information content (AvgIpc) is 2.80. The Morgan fingerprint density at radius 3 is 2.53 bits per heavy atom. The summed E-state index contributed by atoms with van der Waals surface area (Å²) in [6, 6.07) is 2.10. The highest BCUT2D eigenvalue weighted by atomic mass is 32.1. The van der Waals surface area contributed by atoms with E-state index in [4.69, 9.17) is 4.74 Å². The minimum Gasteiger partial charge on any atom is -0.464 e. The van der Waals surface area contributed by atoms with Gasteiger partial charge in [0.1, 0.15) is 0 Å². The molecule has 0 N–H and O–H groups in total. The van der Waals surface area contributed by atoms with Crippen molar-refractivity contribution < 1.29 is 9.53 Å². The van der Waals surface area contributed by atoms with Crippen molar-refractivity contribution in [3.05, 3.63) is 26.5 Å². The van der Waals surface area contributed by atoms with Crippen LogP contribution in [0.4, 0.5) is 0 Å². The predicted octanol–water partition coefficient (Wildman–Crippen LogP) is 3.58. The van der Waals surface area contributed by atoms with Crippen LogP contribution in [0.3, 0.4) is 0 Å². The molecule has 2 aromatic rings. The largest absolute Gasteiger partial charge is 0.464 e. The first-order chi connectivity index (χ1) is 8.02. The van der Waals surface area contributed by atoms with Crippen LogP contribution in [0.2, 0.25) is 0 Å².